The van der Waals surface area contributed by atoms with Crippen LogP contribution in [0.15, 0.2) is 25.3 Å². The first kappa shape index (κ1) is 13.9. The lowest BCUT2D eigenvalue weighted by atomic mass is 10.4. The highest BCUT2D eigenvalue weighted by Crippen LogP contribution is 1.90. The van der Waals surface area contributed by atoms with Crippen molar-refractivity contribution in [1.29, 1.82) is 0 Å². The van der Waals surface area contributed by atoms with Gasteiger partial charge in [-0.25, -0.2) is 0 Å². The van der Waals surface area contributed by atoms with Crippen molar-refractivity contribution < 1.29 is 9.53 Å². The molecule has 0 fully saturated rings. The highest BCUT2D eigenvalue weighted by molar-refractivity contribution is 5.78. The second kappa shape index (κ2) is 9.43. The lowest BCUT2D eigenvalue weighted by molar-refractivity contribution is -0.130. The Labute approximate surface area is 91.6 Å². The van der Waals surface area contributed by atoms with E-state index in [0.29, 0.717) is 32.8 Å². The monoisotopic (exact) mass is 212 g/mol. The van der Waals surface area contributed by atoms with E-state index in [1.54, 1.807) is 24.2 Å². The second-order valence-electron chi connectivity index (χ2n) is 3.04. The number of hydrogen-bond donors (Lipinski definition) is 1. The number of amides is 1. The van der Waals surface area contributed by atoms with E-state index in [4.69, 9.17) is 4.74 Å². The van der Waals surface area contributed by atoms with Gasteiger partial charge in [0.25, 0.3) is 0 Å². The minimum Gasteiger partial charge on any atom is -0.383 e. The number of rotatable bonds is 9. The van der Waals surface area contributed by atoms with Crippen molar-refractivity contribution in [2.24, 2.45) is 0 Å². The van der Waals surface area contributed by atoms with Crippen molar-refractivity contribution in [1.82, 2.24) is 10.2 Å². The molecule has 0 aliphatic rings. The van der Waals surface area contributed by atoms with E-state index >= 15 is 0 Å². The average molecular weight is 212 g/mol. The van der Waals surface area contributed by atoms with Crippen LogP contribution in [0.4, 0.5) is 0 Å². The molecule has 1 amide bonds. The van der Waals surface area contributed by atoms with Gasteiger partial charge >= 0.3 is 0 Å². The third kappa shape index (κ3) is 6.88. The number of carbonyl (C=O) groups excluding carboxylic acids is 1. The Hall–Kier alpha value is -1.13. The van der Waals surface area contributed by atoms with Gasteiger partial charge in [-0.05, 0) is 0 Å². The molecule has 0 saturated carbocycles. The highest BCUT2D eigenvalue weighted by Gasteiger charge is 2.10. The zero-order valence-corrected chi connectivity index (χ0v) is 9.37. The maximum absolute atomic E-state index is 11.6. The molecule has 0 aliphatic carbocycles. The molecule has 0 aromatic heterocycles. The Morgan fingerprint density at radius 2 is 2.20 bits per heavy atom. The van der Waals surface area contributed by atoms with Gasteiger partial charge in [0.15, 0.2) is 0 Å². The normalized spacial score (nSPS) is 9.67. The van der Waals surface area contributed by atoms with Gasteiger partial charge in [0.1, 0.15) is 0 Å². The Morgan fingerprint density at radius 3 is 2.73 bits per heavy atom. The molecular formula is C11H20N2O2. The molecule has 0 radical (unpaired) electrons. The minimum absolute atomic E-state index is 0.0498. The summed E-state index contributed by atoms with van der Waals surface area (Å²) in [5.74, 6) is 0.0498. The predicted octanol–water partition coefficient (Wildman–Crippen LogP) is 0.423. The molecule has 0 heterocycles. The summed E-state index contributed by atoms with van der Waals surface area (Å²) < 4.78 is 4.93. The van der Waals surface area contributed by atoms with E-state index in [9.17, 15) is 4.79 Å². The summed E-state index contributed by atoms with van der Waals surface area (Å²) >= 11 is 0. The van der Waals surface area contributed by atoms with Gasteiger partial charge in [-0.3, -0.25) is 4.79 Å². The maximum atomic E-state index is 11.6. The van der Waals surface area contributed by atoms with Crippen LogP contribution in [-0.4, -0.2) is 50.7 Å². The molecule has 4 nitrogen and oxygen atoms in total. The average Bonchev–Trinajstić information content (AvgIpc) is 2.24. The molecule has 0 atom stereocenters. The van der Waals surface area contributed by atoms with Crippen LogP contribution in [0, 0.1) is 0 Å². The van der Waals surface area contributed by atoms with Crippen molar-refractivity contribution in [3.63, 3.8) is 0 Å². The highest BCUT2D eigenvalue weighted by atomic mass is 16.5. The van der Waals surface area contributed by atoms with Gasteiger partial charge < -0.3 is 15.0 Å². The molecule has 0 aromatic carbocycles. The van der Waals surface area contributed by atoms with Gasteiger partial charge in [-0.1, -0.05) is 12.2 Å². The maximum Gasteiger partial charge on any atom is 0.236 e. The Balaban J connectivity index is 3.91. The van der Waals surface area contributed by atoms with E-state index in [1.165, 1.54) is 0 Å². The quantitative estimate of drug-likeness (QED) is 0.445. The van der Waals surface area contributed by atoms with Crippen molar-refractivity contribution in [2.45, 2.75) is 0 Å². The molecular weight excluding hydrogens is 192 g/mol. The summed E-state index contributed by atoms with van der Waals surface area (Å²) in [5, 5.41) is 2.97. The smallest absolute Gasteiger partial charge is 0.236 e. The lowest BCUT2D eigenvalue weighted by Crippen LogP contribution is -2.40. The number of methoxy groups -OCH3 is 1. The Bertz CT molecular complexity index is 205. The molecule has 1 N–H and O–H groups in total. The second-order valence-corrected chi connectivity index (χ2v) is 3.04. The van der Waals surface area contributed by atoms with E-state index in [1.807, 2.05) is 0 Å². The van der Waals surface area contributed by atoms with Gasteiger partial charge in [0, 0.05) is 26.7 Å². The molecule has 4 heteroatoms. The molecule has 0 bridgehead atoms. The van der Waals surface area contributed by atoms with Crippen molar-refractivity contribution >= 4 is 5.91 Å². The first-order valence-corrected chi connectivity index (χ1v) is 4.95. The Kier molecular flexibility index (Phi) is 8.72. The van der Waals surface area contributed by atoms with Gasteiger partial charge in [0.05, 0.1) is 13.2 Å². The summed E-state index contributed by atoms with van der Waals surface area (Å²) in [6.45, 7) is 9.83. The third-order valence-corrected chi connectivity index (χ3v) is 1.83. The fourth-order valence-corrected chi connectivity index (χ4v) is 1.07. The molecule has 15 heavy (non-hydrogen) atoms. The van der Waals surface area contributed by atoms with E-state index in [2.05, 4.69) is 18.5 Å². The van der Waals surface area contributed by atoms with Gasteiger partial charge in [0.2, 0.25) is 5.91 Å². The van der Waals surface area contributed by atoms with Crippen LogP contribution in [0.2, 0.25) is 0 Å². The topological polar surface area (TPSA) is 41.6 Å². The first-order chi connectivity index (χ1) is 7.26. The summed E-state index contributed by atoms with van der Waals surface area (Å²) in [6.07, 6.45) is 3.43. The minimum atomic E-state index is 0.0498. The van der Waals surface area contributed by atoms with Crippen LogP contribution in [0.1, 0.15) is 0 Å². The van der Waals surface area contributed by atoms with Gasteiger partial charge in [-0.2, -0.15) is 0 Å². The molecule has 0 aliphatic heterocycles. The molecule has 0 unspecified atom stereocenters. The van der Waals surface area contributed by atoms with Crippen LogP contribution in [0.3, 0.4) is 0 Å². The predicted molar refractivity (Wildman–Crippen MR) is 61.7 cm³/mol. The fourth-order valence-electron chi connectivity index (χ4n) is 1.07. The number of ether oxygens (including phenoxy) is 1. The van der Waals surface area contributed by atoms with Crippen LogP contribution >= 0.6 is 0 Å². The zero-order valence-electron chi connectivity index (χ0n) is 9.37. The number of hydrogen-bond acceptors (Lipinski definition) is 3. The van der Waals surface area contributed by atoms with Crippen molar-refractivity contribution in [3.05, 3.63) is 25.3 Å². The van der Waals surface area contributed by atoms with Crippen molar-refractivity contribution in [2.75, 3.05) is 39.9 Å². The summed E-state index contributed by atoms with van der Waals surface area (Å²) in [4.78, 5) is 13.3. The van der Waals surface area contributed by atoms with Crippen LogP contribution < -0.4 is 5.32 Å². The fraction of sp³-hybridized carbons (Fsp3) is 0.545. The molecule has 86 valence electrons. The number of nitrogens with zero attached hydrogens (tertiary/aromatic N) is 1. The van der Waals surface area contributed by atoms with Crippen LogP contribution in [0.5, 0.6) is 0 Å². The first-order valence-electron chi connectivity index (χ1n) is 4.95. The summed E-state index contributed by atoms with van der Waals surface area (Å²) in [6, 6.07) is 0. The number of carbonyl (C=O) groups is 1. The van der Waals surface area contributed by atoms with E-state index in [-0.39, 0.29) is 5.91 Å². The standard InChI is InChI=1S/C11H20N2O2/c1-4-6-12-10-11(14)13(7-5-2)8-9-15-3/h4-5,12H,1-2,6-10H2,3H3. The molecule has 0 saturated heterocycles. The van der Waals surface area contributed by atoms with Crippen molar-refractivity contribution in [3.8, 4) is 0 Å². The molecule has 0 spiro atoms. The Morgan fingerprint density at radius 1 is 1.47 bits per heavy atom. The van der Waals surface area contributed by atoms with Gasteiger partial charge in [-0.15, -0.1) is 13.2 Å². The van der Waals surface area contributed by atoms with Crippen LogP contribution in [0.25, 0.3) is 0 Å². The molecule has 0 aromatic rings. The van der Waals surface area contributed by atoms with E-state index < -0.39 is 0 Å². The summed E-state index contributed by atoms with van der Waals surface area (Å²) in [5.41, 5.74) is 0. The number of nitrogens with one attached hydrogen (secondary N) is 1. The van der Waals surface area contributed by atoms with E-state index in [0.717, 1.165) is 0 Å². The lowest BCUT2D eigenvalue weighted by Gasteiger charge is -2.20. The summed E-state index contributed by atoms with van der Waals surface area (Å²) in [7, 11) is 1.62. The third-order valence-electron chi connectivity index (χ3n) is 1.83. The SMILES string of the molecule is C=CCNCC(=O)N(CC=C)CCOC. The van der Waals surface area contributed by atoms with Crippen LogP contribution in [-0.2, 0) is 9.53 Å². The zero-order chi connectivity index (χ0) is 11.5. The largest absolute Gasteiger partial charge is 0.383 e. The molecule has 0 rings (SSSR count).